The first-order valence-corrected chi connectivity index (χ1v) is 8.16. The van der Waals surface area contributed by atoms with Gasteiger partial charge in [0, 0.05) is 18.5 Å². The smallest absolute Gasteiger partial charge is 0.358 e. The van der Waals surface area contributed by atoms with Crippen molar-refractivity contribution in [1.29, 1.82) is 0 Å². The summed E-state index contributed by atoms with van der Waals surface area (Å²) in [6, 6.07) is -0.833. The van der Waals surface area contributed by atoms with Crippen LogP contribution in [0.15, 0.2) is 0 Å². The van der Waals surface area contributed by atoms with E-state index >= 15 is 0 Å². The number of aliphatic hydroxyl groups is 3. The third kappa shape index (κ3) is 3.98. The fraction of sp³-hybridized carbons (Fsp3) is 1.00. The van der Waals surface area contributed by atoms with Gasteiger partial charge in [-0.3, -0.25) is 4.57 Å². The van der Waals surface area contributed by atoms with E-state index in [1.807, 2.05) is 0 Å². The molecule has 0 aromatic rings. The molecule has 0 aliphatic carbocycles. The molecule has 0 spiro atoms. The van der Waals surface area contributed by atoms with Crippen molar-refractivity contribution in [3.63, 3.8) is 0 Å². The highest BCUT2D eigenvalue weighted by atomic mass is 31.2. The van der Waals surface area contributed by atoms with Crippen LogP contribution >= 0.6 is 7.60 Å². The van der Waals surface area contributed by atoms with Crippen molar-refractivity contribution in [2.45, 2.75) is 57.3 Å². The molecule has 0 amide bonds. The fourth-order valence-electron chi connectivity index (χ4n) is 2.20. The molecule has 1 fully saturated rings. The third-order valence-corrected chi connectivity index (χ3v) is 5.38. The molecule has 1 heterocycles. The quantitative estimate of drug-likeness (QED) is 0.491. The molecule has 1 aliphatic heterocycles. The Morgan fingerprint density at radius 1 is 1.21 bits per heavy atom. The monoisotopic (exact) mass is 297 g/mol. The maximum atomic E-state index is 12.3. The van der Waals surface area contributed by atoms with Gasteiger partial charge in [0.15, 0.2) is 5.85 Å². The van der Waals surface area contributed by atoms with Crippen molar-refractivity contribution in [3.8, 4) is 0 Å². The number of hydrogen-bond donors (Lipinski definition) is 4. The Balaban J connectivity index is 2.67. The Kier molecular flexibility index (Phi) is 6.39. The molecule has 1 saturated heterocycles. The van der Waals surface area contributed by atoms with E-state index in [4.69, 9.17) is 9.05 Å². The molecule has 1 aliphatic rings. The van der Waals surface area contributed by atoms with Crippen LogP contribution in [0.4, 0.5) is 0 Å². The van der Waals surface area contributed by atoms with Gasteiger partial charge in [-0.2, -0.15) is 0 Å². The maximum absolute atomic E-state index is 12.3. The number of aliphatic hydroxyl groups excluding tert-OH is 3. The molecular formula is C11H24NO6P. The van der Waals surface area contributed by atoms with Gasteiger partial charge in [0.05, 0.1) is 25.4 Å². The van der Waals surface area contributed by atoms with Crippen LogP contribution in [0.5, 0.6) is 0 Å². The first kappa shape index (κ1) is 17.0. The van der Waals surface area contributed by atoms with Gasteiger partial charge in [0.2, 0.25) is 0 Å². The summed E-state index contributed by atoms with van der Waals surface area (Å²) < 4.78 is 22.4. The van der Waals surface area contributed by atoms with Crippen LogP contribution in [0.2, 0.25) is 0 Å². The SMILES string of the molecule is CCOP(=O)(OCC)[C@@H](O)C[C@@H]1N[C@@H](C)[C@@H](O)[C@H]1O. The molecule has 1 rings (SSSR count). The van der Waals surface area contributed by atoms with Crippen LogP contribution in [0.25, 0.3) is 0 Å². The first-order valence-electron chi connectivity index (χ1n) is 6.54. The minimum absolute atomic E-state index is 0.0140. The second-order valence-electron chi connectivity index (χ2n) is 4.63. The van der Waals surface area contributed by atoms with Gasteiger partial charge in [-0.05, 0) is 20.8 Å². The van der Waals surface area contributed by atoms with E-state index in [1.54, 1.807) is 20.8 Å². The predicted molar refractivity (Wildman–Crippen MR) is 69.9 cm³/mol. The van der Waals surface area contributed by atoms with Crippen molar-refractivity contribution in [2.24, 2.45) is 0 Å². The van der Waals surface area contributed by atoms with Crippen LogP contribution in [0.1, 0.15) is 27.2 Å². The van der Waals surface area contributed by atoms with Crippen LogP contribution in [-0.4, -0.2) is 58.7 Å². The molecule has 0 aromatic heterocycles. The summed E-state index contributed by atoms with van der Waals surface area (Å²) >= 11 is 0. The minimum atomic E-state index is -3.61. The Morgan fingerprint density at radius 3 is 2.11 bits per heavy atom. The van der Waals surface area contributed by atoms with Crippen molar-refractivity contribution < 1.29 is 28.9 Å². The highest BCUT2D eigenvalue weighted by molar-refractivity contribution is 7.54. The van der Waals surface area contributed by atoms with Gasteiger partial charge in [-0.25, -0.2) is 0 Å². The van der Waals surface area contributed by atoms with Gasteiger partial charge in [0.25, 0.3) is 0 Å². The molecular weight excluding hydrogens is 273 g/mol. The molecule has 7 nitrogen and oxygen atoms in total. The molecule has 0 aromatic carbocycles. The van der Waals surface area contributed by atoms with Gasteiger partial charge in [0.1, 0.15) is 0 Å². The summed E-state index contributed by atoms with van der Waals surface area (Å²) in [4.78, 5) is 0. The number of hydrogen-bond acceptors (Lipinski definition) is 7. The van der Waals surface area contributed by atoms with Crippen molar-refractivity contribution >= 4 is 7.60 Å². The van der Waals surface area contributed by atoms with E-state index in [1.165, 1.54) is 0 Å². The summed E-state index contributed by atoms with van der Waals surface area (Å²) in [7, 11) is -3.61. The number of rotatable bonds is 7. The lowest BCUT2D eigenvalue weighted by Crippen LogP contribution is -2.36. The Labute approximate surface area is 113 Å². The molecule has 8 heteroatoms. The fourth-order valence-corrected chi connectivity index (χ4v) is 3.83. The predicted octanol–water partition coefficient (Wildman–Crippen LogP) is 0.0431. The zero-order chi connectivity index (χ0) is 14.6. The molecule has 19 heavy (non-hydrogen) atoms. The largest absolute Gasteiger partial charge is 0.389 e. The summed E-state index contributed by atoms with van der Waals surface area (Å²) in [5, 5.41) is 32.4. The van der Waals surface area contributed by atoms with E-state index in [0.29, 0.717) is 0 Å². The maximum Gasteiger partial charge on any atom is 0.358 e. The Morgan fingerprint density at radius 2 is 1.74 bits per heavy atom. The summed E-state index contributed by atoms with van der Waals surface area (Å²) in [6.07, 6.45) is -1.93. The summed E-state index contributed by atoms with van der Waals surface area (Å²) in [5.74, 6) is -1.34. The van der Waals surface area contributed by atoms with Crippen LogP contribution in [0.3, 0.4) is 0 Å². The van der Waals surface area contributed by atoms with Gasteiger partial charge in [-0.15, -0.1) is 0 Å². The zero-order valence-electron chi connectivity index (χ0n) is 11.5. The first-order chi connectivity index (χ1) is 8.85. The van der Waals surface area contributed by atoms with Crippen LogP contribution in [-0.2, 0) is 13.6 Å². The topological polar surface area (TPSA) is 108 Å². The lowest BCUT2D eigenvalue weighted by atomic mass is 10.1. The van der Waals surface area contributed by atoms with E-state index in [9.17, 15) is 19.9 Å². The van der Waals surface area contributed by atoms with Crippen LogP contribution < -0.4 is 5.32 Å². The molecule has 0 radical (unpaired) electrons. The van der Waals surface area contributed by atoms with E-state index < -0.39 is 31.7 Å². The zero-order valence-corrected chi connectivity index (χ0v) is 12.4. The van der Waals surface area contributed by atoms with Gasteiger partial charge < -0.3 is 29.7 Å². The van der Waals surface area contributed by atoms with Crippen molar-refractivity contribution in [3.05, 3.63) is 0 Å². The molecule has 114 valence electrons. The van der Waals surface area contributed by atoms with E-state index in [2.05, 4.69) is 5.32 Å². The molecule has 5 atom stereocenters. The normalized spacial score (nSPS) is 33.6. The Bertz CT molecular complexity index is 318. The highest BCUT2D eigenvalue weighted by Crippen LogP contribution is 2.53. The second-order valence-corrected chi connectivity index (χ2v) is 6.83. The molecule has 0 saturated carbocycles. The molecule has 0 bridgehead atoms. The van der Waals surface area contributed by atoms with E-state index in [-0.39, 0.29) is 25.7 Å². The van der Waals surface area contributed by atoms with Gasteiger partial charge >= 0.3 is 7.60 Å². The lowest BCUT2D eigenvalue weighted by Gasteiger charge is -2.25. The third-order valence-electron chi connectivity index (χ3n) is 3.20. The standard InChI is InChI=1S/C11H24NO6P/c1-4-17-19(16,18-5-2)9(13)6-8-11(15)10(14)7(3)12-8/h7-15H,4-6H2,1-3H3/t7-,8-,9+,10+,11-/m0/s1. The molecule has 0 unspecified atom stereocenters. The van der Waals surface area contributed by atoms with E-state index in [0.717, 1.165) is 0 Å². The minimum Gasteiger partial charge on any atom is -0.389 e. The summed E-state index contributed by atoms with van der Waals surface area (Å²) in [6.45, 7) is 5.37. The van der Waals surface area contributed by atoms with Crippen LogP contribution in [0, 0.1) is 0 Å². The van der Waals surface area contributed by atoms with Crippen molar-refractivity contribution in [1.82, 2.24) is 5.32 Å². The van der Waals surface area contributed by atoms with Crippen molar-refractivity contribution in [2.75, 3.05) is 13.2 Å². The summed E-state index contributed by atoms with van der Waals surface area (Å²) in [5.41, 5.74) is 0. The second kappa shape index (κ2) is 7.13. The average Bonchev–Trinajstić information content (AvgIpc) is 2.57. The Hall–Kier alpha value is -0.0100. The highest BCUT2D eigenvalue weighted by Gasteiger charge is 2.43. The lowest BCUT2D eigenvalue weighted by molar-refractivity contribution is 0.0236. The molecule has 4 N–H and O–H groups in total. The average molecular weight is 297 g/mol. The van der Waals surface area contributed by atoms with Gasteiger partial charge in [-0.1, -0.05) is 0 Å². The number of nitrogens with one attached hydrogen (secondary N) is 1.